The van der Waals surface area contributed by atoms with Crippen LogP contribution in [0.3, 0.4) is 0 Å². The Morgan fingerprint density at radius 2 is 1.81 bits per heavy atom. The van der Waals surface area contributed by atoms with Gasteiger partial charge in [0.1, 0.15) is 11.5 Å². The molecule has 0 saturated carbocycles. The number of aromatic hydroxyl groups is 2. The highest BCUT2D eigenvalue weighted by molar-refractivity contribution is 5.40. The fraction of sp³-hybridized carbons (Fsp3) is 0.647. The van der Waals surface area contributed by atoms with Crippen molar-refractivity contribution < 1.29 is 10.2 Å². The maximum Gasteiger partial charge on any atom is 0.120 e. The van der Waals surface area contributed by atoms with Crippen LogP contribution in [0, 0.1) is 5.92 Å². The van der Waals surface area contributed by atoms with E-state index in [1.165, 1.54) is 32.0 Å². The van der Waals surface area contributed by atoms with Crippen molar-refractivity contribution >= 4 is 0 Å². The van der Waals surface area contributed by atoms with E-state index in [4.69, 9.17) is 0 Å². The van der Waals surface area contributed by atoms with Gasteiger partial charge < -0.3 is 15.5 Å². The van der Waals surface area contributed by atoms with E-state index < -0.39 is 0 Å². The van der Waals surface area contributed by atoms with Gasteiger partial charge in [-0.1, -0.05) is 13.8 Å². The Labute approximate surface area is 127 Å². The van der Waals surface area contributed by atoms with E-state index in [0.29, 0.717) is 12.0 Å². The summed E-state index contributed by atoms with van der Waals surface area (Å²) in [6, 6.07) is 5.22. The minimum atomic E-state index is 0.0148. The Bertz CT molecular complexity index is 456. The molecule has 1 aliphatic heterocycles. The summed E-state index contributed by atoms with van der Waals surface area (Å²) in [4.78, 5) is 2.56. The van der Waals surface area contributed by atoms with Crippen molar-refractivity contribution in [1.82, 2.24) is 10.2 Å². The van der Waals surface area contributed by atoms with E-state index >= 15 is 0 Å². The van der Waals surface area contributed by atoms with Crippen molar-refractivity contribution in [2.75, 3.05) is 19.6 Å². The molecule has 2 atom stereocenters. The zero-order valence-electron chi connectivity index (χ0n) is 13.3. The minimum absolute atomic E-state index is 0.0148. The van der Waals surface area contributed by atoms with E-state index in [0.717, 1.165) is 12.1 Å². The van der Waals surface area contributed by atoms with E-state index in [1.54, 1.807) is 12.1 Å². The highest BCUT2D eigenvalue weighted by Crippen LogP contribution is 2.28. The maximum absolute atomic E-state index is 9.93. The first kappa shape index (κ1) is 16.1. The molecule has 3 N–H and O–H groups in total. The Kier molecular flexibility index (Phi) is 5.48. The predicted molar refractivity (Wildman–Crippen MR) is 85.6 cm³/mol. The molecule has 21 heavy (non-hydrogen) atoms. The van der Waals surface area contributed by atoms with Crippen LogP contribution in [0.5, 0.6) is 11.5 Å². The van der Waals surface area contributed by atoms with Gasteiger partial charge in [-0.2, -0.15) is 0 Å². The van der Waals surface area contributed by atoms with Gasteiger partial charge in [-0.05, 0) is 57.0 Å². The molecule has 1 aromatic rings. The Balaban J connectivity index is 1.98. The van der Waals surface area contributed by atoms with Gasteiger partial charge >= 0.3 is 0 Å². The average molecular weight is 292 g/mol. The number of phenolic OH excluding ortho intramolecular Hbond substituents is 2. The summed E-state index contributed by atoms with van der Waals surface area (Å²) in [5.41, 5.74) is 0.749. The molecule has 118 valence electrons. The number of phenols is 2. The SMILES string of the molecule is CC(NCC(C(C)C)N1CCCC1)c1cc(O)ccc1O. The number of nitrogens with one attached hydrogen (secondary N) is 1. The van der Waals surface area contributed by atoms with E-state index in [1.807, 2.05) is 6.92 Å². The average Bonchev–Trinajstić information content (AvgIpc) is 2.95. The van der Waals surface area contributed by atoms with Crippen molar-refractivity contribution in [3.05, 3.63) is 23.8 Å². The molecule has 1 saturated heterocycles. The lowest BCUT2D eigenvalue weighted by molar-refractivity contribution is 0.182. The topological polar surface area (TPSA) is 55.7 Å². The maximum atomic E-state index is 9.93. The van der Waals surface area contributed by atoms with Gasteiger partial charge in [0, 0.05) is 24.2 Å². The lowest BCUT2D eigenvalue weighted by Crippen LogP contribution is -2.44. The predicted octanol–water partition coefficient (Wildman–Crippen LogP) is 2.87. The van der Waals surface area contributed by atoms with Gasteiger partial charge in [-0.25, -0.2) is 0 Å². The summed E-state index contributed by atoms with van der Waals surface area (Å²) in [7, 11) is 0. The molecule has 2 rings (SSSR count). The van der Waals surface area contributed by atoms with Crippen LogP contribution in [0.4, 0.5) is 0 Å². The molecule has 0 amide bonds. The summed E-state index contributed by atoms with van der Waals surface area (Å²) >= 11 is 0. The van der Waals surface area contributed by atoms with Crippen LogP contribution in [-0.4, -0.2) is 40.8 Å². The summed E-state index contributed by atoms with van der Waals surface area (Å²) in [5.74, 6) is 1.02. The van der Waals surface area contributed by atoms with E-state index in [2.05, 4.69) is 24.1 Å². The second-order valence-corrected chi connectivity index (χ2v) is 6.43. The van der Waals surface area contributed by atoms with Crippen molar-refractivity contribution in [2.45, 2.75) is 45.7 Å². The highest BCUT2D eigenvalue weighted by Gasteiger charge is 2.25. The molecule has 0 bridgehead atoms. The van der Waals surface area contributed by atoms with Crippen LogP contribution in [0.15, 0.2) is 18.2 Å². The molecule has 0 radical (unpaired) electrons. The molecule has 4 nitrogen and oxygen atoms in total. The molecule has 0 spiro atoms. The van der Waals surface area contributed by atoms with Crippen molar-refractivity contribution in [1.29, 1.82) is 0 Å². The van der Waals surface area contributed by atoms with Crippen LogP contribution in [0.1, 0.15) is 45.2 Å². The standard InChI is InChI=1S/C17H28N2O2/c1-12(2)16(19-8-4-5-9-19)11-18-13(3)15-10-14(20)6-7-17(15)21/h6-7,10,12-13,16,18,20-21H,4-5,8-9,11H2,1-3H3. The summed E-state index contributed by atoms with van der Waals surface area (Å²) < 4.78 is 0. The van der Waals surface area contributed by atoms with Crippen LogP contribution < -0.4 is 5.32 Å². The number of likely N-dealkylation sites (tertiary alicyclic amines) is 1. The van der Waals surface area contributed by atoms with Gasteiger partial charge in [0.15, 0.2) is 0 Å². The number of hydrogen-bond donors (Lipinski definition) is 3. The van der Waals surface area contributed by atoms with Crippen molar-refractivity contribution in [2.24, 2.45) is 5.92 Å². The zero-order valence-corrected chi connectivity index (χ0v) is 13.3. The van der Waals surface area contributed by atoms with Gasteiger partial charge in [0.05, 0.1) is 0 Å². The van der Waals surface area contributed by atoms with E-state index in [-0.39, 0.29) is 17.5 Å². The Hall–Kier alpha value is -1.26. The molecule has 0 aromatic heterocycles. The third-order valence-electron chi connectivity index (χ3n) is 4.49. The first-order valence-electron chi connectivity index (χ1n) is 7.98. The summed E-state index contributed by atoms with van der Waals surface area (Å²) in [5, 5.41) is 23.0. The monoisotopic (exact) mass is 292 g/mol. The normalized spacial score (nSPS) is 19.0. The van der Waals surface area contributed by atoms with Crippen LogP contribution >= 0.6 is 0 Å². The first-order chi connectivity index (χ1) is 9.99. The fourth-order valence-corrected chi connectivity index (χ4v) is 3.16. The molecular formula is C17H28N2O2. The van der Waals surface area contributed by atoms with E-state index in [9.17, 15) is 10.2 Å². The molecule has 4 heteroatoms. The highest BCUT2D eigenvalue weighted by atomic mass is 16.3. The van der Waals surface area contributed by atoms with Gasteiger partial charge in [0.2, 0.25) is 0 Å². The minimum Gasteiger partial charge on any atom is -0.508 e. The van der Waals surface area contributed by atoms with Crippen LogP contribution in [-0.2, 0) is 0 Å². The molecular weight excluding hydrogens is 264 g/mol. The summed E-state index contributed by atoms with van der Waals surface area (Å²) in [6.07, 6.45) is 2.60. The fourth-order valence-electron chi connectivity index (χ4n) is 3.16. The molecule has 1 aliphatic rings. The zero-order chi connectivity index (χ0) is 15.4. The Morgan fingerprint density at radius 1 is 1.14 bits per heavy atom. The molecule has 1 fully saturated rings. The molecule has 1 aromatic carbocycles. The molecule has 2 unspecified atom stereocenters. The van der Waals surface area contributed by atoms with Gasteiger partial charge in [-0.15, -0.1) is 0 Å². The lowest BCUT2D eigenvalue weighted by Gasteiger charge is -2.32. The number of rotatable bonds is 6. The number of hydrogen-bond acceptors (Lipinski definition) is 4. The second kappa shape index (κ2) is 7.14. The Morgan fingerprint density at radius 3 is 2.43 bits per heavy atom. The quantitative estimate of drug-likeness (QED) is 0.706. The first-order valence-corrected chi connectivity index (χ1v) is 7.98. The van der Waals surface area contributed by atoms with Crippen LogP contribution in [0.25, 0.3) is 0 Å². The van der Waals surface area contributed by atoms with Crippen LogP contribution in [0.2, 0.25) is 0 Å². The molecule has 0 aliphatic carbocycles. The second-order valence-electron chi connectivity index (χ2n) is 6.43. The smallest absolute Gasteiger partial charge is 0.120 e. The lowest BCUT2D eigenvalue weighted by atomic mass is 10.0. The summed E-state index contributed by atoms with van der Waals surface area (Å²) in [6.45, 7) is 9.83. The van der Waals surface area contributed by atoms with Gasteiger partial charge in [0.25, 0.3) is 0 Å². The van der Waals surface area contributed by atoms with Crippen molar-refractivity contribution in [3.8, 4) is 11.5 Å². The number of nitrogens with zero attached hydrogens (tertiary/aromatic N) is 1. The number of benzene rings is 1. The molecule has 1 heterocycles. The third kappa shape index (κ3) is 4.11. The van der Waals surface area contributed by atoms with Gasteiger partial charge in [-0.3, -0.25) is 4.90 Å². The third-order valence-corrected chi connectivity index (χ3v) is 4.49. The largest absolute Gasteiger partial charge is 0.508 e. The van der Waals surface area contributed by atoms with Crippen molar-refractivity contribution in [3.63, 3.8) is 0 Å².